The van der Waals surface area contributed by atoms with Gasteiger partial charge in [-0.25, -0.2) is 0 Å². The van der Waals surface area contributed by atoms with Crippen LogP contribution in [0.15, 0.2) is 29.2 Å². The van der Waals surface area contributed by atoms with Crippen LogP contribution in [0.5, 0.6) is 0 Å². The average molecular weight is 302 g/mol. The summed E-state index contributed by atoms with van der Waals surface area (Å²) in [5.74, 6) is 0. The van der Waals surface area contributed by atoms with Gasteiger partial charge in [0.25, 0.3) is 0 Å². The number of hydrogen-bond acceptors (Lipinski definition) is 3. The van der Waals surface area contributed by atoms with Crippen LogP contribution in [0.3, 0.4) is 0 Å². The van der Waals surface area contributed by atoms with Crippen molar-refractivity contribution in [1.82, 2.24) is 0 Å². The molecule has 0 unspecified atom stereocenters. The summed E-state index contributed by atoms with van der Waals surface area (Å²) in [5, 5.41) is 8.68. The zero-order chi connectivity index (χ0) is 12.9. The van der Waals surface area contributed by atoms with Gasteiger partial charge in [0, 0.05) is 17.5 Å². The molecule has 1 atom stereocenters. The summed E-state index contributed by atoms with van der Waals surface area (Å²) >= 11 is -0.153. The largest absolute Gasteiger partial charge is 0.446 e. The lowest BCUT2D eigenvalue weighted by atomic mass is 10.0. The van der Waals surface area contributed by atoms with E-state index >= 15 is 0 Å². The third kappa shape index (κ3) is 5.95. The minimum atomic E-state index is -4.31. The van der Waals surface area contributed by atoms with E-state index in [-0.39, 0.29) is 35.7 Å². The van der Waals surface area contributed by atoms with Crippen LogP contribution in [0, 0.1) is 0 Å². The first-order valence-electron chi connectivity index (χ1n) is 5.15. The fraction of sp³-hybridized carbons (Fsp3) is 0.455. The molecule has 3 N–H and O–H groups in total. The Hall–Kier alpha value is -0.430. The normalized spacial score (nSPS) is 12.9. The van der Waals surface area contributed by atoms with E-state index in [9.17, 15) is 13.2 Å². The highest BCUT2D eigenvalue weighted by molar-refractivity contribution is 8.00. The molecule has 0 bridgehead atoms. The monoisotopic (exact) mass is 301 g/mol. The molecular weight excluding hydrogens is 287 g/mol. The van der Waals surface area contributed by atoms with Gasteiger partial charge < -0.3 is 10.8 Å². The topological polar surface area (TPSA) is 46.2 Å². The van der Waals surface area contributed by atoms with Crippen molar-refractivity contribution in [3.05, 3.63) is 29.8 Å². The molecule has 18 heavy (non-hydrogen) atoms. The molecular formula is C11H15ClF3NOS. The van der Waals surface area contributed by atoms with Crippen LogP contribution in [0.4, 0.5) is 13.2 Å². The van der Waals surface area contributed by atoms with Gasteiger partial charge in [0.15, 0.2) is 0 Å². The number of alkyl halides is 3. The van der Waals surface area contributed by atoms with Crippen LogP contribution >= 0.6 is 24.2 Å². The Labute approximate surface area is 114 Å². The molecule has 0 saturated heterocycles. The molecule has 0 aliphatic carbocycles. The summed E-state index contributed by atoms with van der Waals surface area (Å²) in [7, 11) is 0. The number of benzene rings is 1. The van der Waals surface area contributed by atoms with Crippen molar-refractivity contribution >= 4 is 24.2 Å². The summed E-state index contributed by atoms with van der Waals surface area (Å²) in [6.45, 7) is -0.0116. The van der Waals surface area contributed by atoms with Gasteiger partial charge in [-0.3, -0.25) is 0 Å². The average Bonchev–Trinajstić information content (AvgIpc) is 2.24. The van der Waals surface area contributed by atoms with Crippen LogP contribution < -0.4 is 5.73 Å². The molecule has 0 aliphatic heterocycles. The molecule has 0 heterocycles. The molecule has 0 radical (unpaired) electrons. The Balaban J connectivity index is 0.00000289. The number of halogens is 4. The minimum absolute atomic E-state index is 0. The van der Waals surface area contributed by atoms with Crippen molar-refractivity contribution in [2.24, 2.45) is 5.73 Å². The number of aliphatic hydroxyl groups is 1. The number of thioether (sulfide) groups is 1. The van der Waals surface area contributed by atoms with E-state index in [0.29, 0.717) is 18.4 Å². The Kier molecular flexibility index (Phi) is 7.70. The second kappa shape index (κ2) is 7.89. The lowest BCUT2D eigenvalue weighted by Gasteiger charge is -2.16. The first-order valence-corrected chi connectivity index (χ1v) is 5.97. The highest BCUT2D eigenvalue weighted by Gasteiger charge is 2.30. The van der Waals surface area contributed by atoms with Gasteiger partial charge in [-0.05, 0) is 36.2 Å². The highest BCUT2D eigenvalue weighted by Crippen LogP contribution is 2.40. The molecule has 1 aromatic carbocycles. The van der Waals surface area contributed by atoms with Gasteiger partial charge >= 0.3 is 5.51 Å². The van der Waals surface area contributed by atoms with Crippen LogP contribution in [-0.2, 0) is 0 Å². The Morgan fingerprint density at radius 3 is 2.44 bits per heavy atom. The predicted octanol–water partition coefficient (Wildman–Crippen LogP) is 3.49. The molecule has 104 valence electrons. The molecule has 0 saturated carbocycles. The maximum absolute atomic E-state index is 12.3. The van der Waals surface area contributed by atoms with Crippen molar-refractivity contribution in [3.8, 4) is 0 Å². The van der Waals surface area contributed by atoms with E-state index in [1.54, 1.807) is 18.2 Å². The van der Waals surface area contributed by atoms with Gasteiger partial charge in [-0.15, -0.1) is 12.4 Å². The maximum Gasteiger partial charge on any atom is 0.446 e. The first-order chi connectivity index (χ1) is 7.94. The van der Waals surface area contributed by atoms with Crippen LogP contribution in [0.1, 0.15) is 24.4 Å². The SMILES string of the molecule is Cl.N[C@@H](CCCO)c1ccccc1SC(F)(F)F. The zero-order valence-electron chi connectivity index (χ0n) is 9.48. The van der Waals surface area contributed by atoms with E-state index in [1.807, 2.05) is 0 Å². The van der Waals surface area contributed by atoms with Gasteiger partial charge in [-0.2, -0.15) is 13.2 Å². The van der Waals surface area contributed by atoms with Crippen LogP contribution in [-0.4, -0.2) is 17.2 Å². The lowest BCUT2D eigenvalue weighted by Crippen LogP contribution is -2.13. The quantitative estimate of drug-likeness (QED) is 0.818. The second-order valence-electron chi connectivity index (χ2n) is 3.56. The Morgan fingerprint density at radius 2 is 1.89 bits per heavy atom. The molecule has 1 rings (SSSR count). The summed E-state index contributed by atoms with van der Waals surface area (Å²) in [4.78, 5) is 0.130. The van der Waals surface area contributed by atoms with Crippen LogP contribution in [0.25, 0.3) is 0 Å². The molecule has 2 nitrogen and oxygen atoms in total. The Morgan fingerprint density at radius 1 is 1.28 bits per heavy atom. The van der Waals surface area contributed by atoms with Crippen molar-refractivity contribution in [1.29, 1.82) is 0 Å². The Bertz CT molecular complexity index is 362. The fourth-order valence-electron chi connectivity index (χ4n) is 1.47. The van der Waals surface area contributed by atoms with Crippen molar-refractivity contribution in [3.63, 3.8) is 0 Å². The van der Waals surface area contributed by atoms with Crippen LogP contribution in [0.2, 0.25) is 0 Å². The number of rotatable bonds is 5. The molecule has 0 spiro atoms. The summed E-state index contributed by atoms with van der Waals surface area (Å²) in [6.07, 6.45) is 0.943. The van der Waals surface area contributed by atoms with Crippen molar-refractivity contribution < 1.29 is 18.3 Å². The van der Waals surface area contributed by atoms with Crippen molar-refractivity contribution in [2.45, 2.75) is 29.3 Å². The second-order valence-corrected chi connectivity index (χ2v) is 4.66. The maximum atomic E-state index is 12.3. The summed E-state index contributed by atoms with van der Waals surface area (Å²) < 4.78 is 37.0. The molecule has 7 heteroatoms. The molecule has 0 aliphatic rings. The zero-order valence-corrected chi connectivity index (χ0v) is 11.1. The fourth-order valence-corrected chi connectivity index (χ4v) is 2.20. The predicted molar refractivity (Wildman–Crippen MR) is 68.9 cm³/mol. The van der Waals surface area contributed by atoms with Gasteiger partial charge in [0.05, 0.1) is 0 Å². The highest BCUT2D eigenvalue weighted by atomic mass is 35.5. The van der Waals surface area contributed by atoms with E-state index in [2.05, 4.69) is 0 Å². The van der Waals surface area contributed by atoms with Crippen molar-refractivity contribution in [2.75, 3.05) is 6.61 Å². The minimum Gasteiger partial charge on any atom is -0.396 e. The van der Waals surface area contributed by atoms with E-state index < -0.39 is 11.6 Å². The van der Waals surface area contributed by atoms with E-state index in [1.165, 1.54) is 6.07 Å². The smallest absolute Gasteiger partial charge is 0.396 e. The van der Waals surface area contributed by atoms with E-state index in [0.717, 1.165) is 0 Å². The molecule has 0 amide bonds. The van der Waals surface area contributed by atoms with Gasteiger partial charge in [0.2, 0.25) is 0 Å². The third-order valence-corrected chi connectivity index (χ3v) is 3.04. The number of aliphatic hydroxyl groups excluding tert-OH is 1. The van der Waals surface area contributed by atoms with Gasteiger partial charge in [0.1, 0.15) is 0 Å². The van der Waals surface area contributed by atoms with Gasteiger partial charge in [-0.1, -0.05) is 18.2 Å². The molecule has 0 fully saturated rings. The molecule has 0 aromatic heterocycles. The first kappa shape index (κ1) is 17.6. The lowest BCUT2D eigenvalue weighted by molar-refractivity contribution is -0.0328. The number of hydrogen-bond donors (Lipinski definition) is 2. The standard InChI is InChI=1S/C11H14F3NOS.ClH/c12-11(13,14)17-10-6-2-1-4-8(10)9(15)5-3-7-16;/h1-2,4,6,9,16H,3,5,7,15H2;1H/t9-;/m0./s1. The third-order valence-electron chi connectivity index (χ3n) is 2.22. The summed E-state index contributed by atoms with van der Waals surface area (Å²) in [6, 6.07) is 5.74. The summed E-state index contributed by atoms with van der Waals surface area (Å²) in [5.41, 5.74) is 1.97. The number of nitrogens with two attached hydrogens (primary N) is 1. The van der Waals surface area contributed by atoms with E-state index in [4.69, 9.17) is 10.8 Å². The molecule has 1 aromatic rings.